The Bertz CT molecular complexity index is 688. The largest absolute Gasteiger partial charge is 0.497 e. The van der Waals surface area contributed by atoms with Crippen molar-refractivity contribution in [3.63, 3.8) is 0 Å². The highest BCUT2D eigenvalue weighted by molar-refractivity contribution is 5.90. The second-order valence-electron chi connectivity index (χ2n) is 4.18. The SMILES string of the molecule is COc1ccc2c(CCN)c(-c3nnn[nH]3)[nH]c2c1. The average molecular weight is 258 g/mol. The zero-order valence-corrected chi connectivity index (χ0v) is 10.5. The van der Waals surface area contributed by atoms with Gasteiger partial charge < -0.3 is 15.5 Å². The van der Waals surface area contributed by atoms with Gasteiger partial charge in [0.2, 0.25) is 0 Å². The number of benzene rings is 1. The molecule has 3 rings (SSSR count). The highest BCUT2D eigenvalue weighted by atomic mass is 16.5. The number of tetrazole rings is 1. The van der Waals surface area contributed by atoms with E-state index in [9.17, 15) is 0 Å². The molecule has 0 unspecified atom stereocenters. The predicted octanol–water partition coefficient (Wildman–Crippen LogP) is 0.858. The summed E-state index contributed by atoms with van der Waals surface area (Å²) in [4.78, 5) is 3.32. The van der Waals surface area contributed by atoms with Crippen LogP contribution in [0.3, 0.4) is 0 Å². The summed E-state index contributed by atoms with van der Waals surface area (Å²) in [7, 11) is 1.65. The summed E-state index contributed by atoms with van der Waals surface area (Å²) >= 11 is 0. The number of hydrogen-bond donors (Lipinski definition) is 3. The van der Waals surface area contributed by atoms with E-state index in [1.54, 1.807) is 7.11 Å². The third-order valence-corrected chi connectivity index (χ3v) is 3.09. The van der Waals surface area contributed by atoms with Crippen LogP contribution >= 0.6 is 0 Å². The molecule has 1 aromatic carbocycles. The Morgan fingerprint density at radius 1 is 1.37 bits per heavy atom. The maximum absolute atomic E-state index is 5.69. The number of hydrogen-bond acceptors (Lipinski definition) is 5. The Labute approximate surface area is 109 Å². The van der Waals surface area contributed by atoms with Crippen LogP contribution in [0.25, 0.3) is 22.4 Å². The van der Waals surface area contributed by atoms with E-state index in [1.807, 2.05) is 18.2 Å². The van der Waals surface area contributed by atoms with E-state index in [4.69, 9.17) is 10.5 Å². The summed E-state index contributed by atoms with van der Waals surface area (Å²) < 4.78 is 5.23. The second kappa shape index (κ2) is 4.69. The molecule has 0 spiro atoms. The molecule has 7 nitrogen and oxygen atoms in total. The van der Waals surface area contributed by atoms with Crippen LogP contribution in [0.4, 0.5) is 0 Å². The van der Waals surface area contributed by atoms with E-state index in [2.05, 4.69) is 25.6 Å². The Hall–Kier alpha value is -2.41. The Balaban J connectivity index is 2.22. The molecular weight excluding hydrogens is 244 g/mol. The molecule has 4 N–H and O–H groups in total. The number of nitrogens with two attached hydrogens (primary N) is 1. The van der Waals surface area contributed by atoms with Crippen molar-refractivity contribution < 1.29 is 4.74 Å². The third kappa shape index (κ3) is 1.93. The monoisotopic (exact) mass is 258 g/mol. The summed E-state index contributed by atoms with van der Waals surface area (Å²) in [5, 5.41) is 15.0. The minimum Gasteiger partial charge on any atom is -0.497 e. The number of rotatable bonds is 4. The summed E-state index contributed by atoms with van der Waals surface area (Å²) in [6.45, 7) is 0.563. The van der Waals surface area contributed by atoms with E-state index in [0.717, 1.165) is 34.3 Å². The number of aromatic amines is 2. The van der Waals surface area contributed by atoms with Crippen LogP contribution in [-0.2, 0) is 6.42 Å². The minimum atomic E-state index is 0.563. The molecule has 0 aliphatic rings. The molecule has 19 heavy (non-hydrogen) atoms. The average Bonchev–Trinajstić information content (AvgIpc) is 3.06. The summed E-state index contributed by atoms with van der Waals surface area (Å²) in [5.74, 6) is 1.41. The molecule has 0 bridgehead atoms. The Kier molecular flexibility index (Phi) is 2.88. The van der Waals surface area contributed by atoms with Gasteiger partial charge in [-0.05, 0) is 41.1 Å². The fourth-order valence-corrected chi connectivity index (χ4v) is 2.23. The summed E-state index contributed by atoms with van der Waals surface area (Å²) in [6, 6.07) is 5.89. The number of methoxy groups -OCH3 is 1. The molecule has 0 fully saturated rings. The number of fused-ring (bicyclic) bond motifs is 1. The van der Waals surface area contributed by atoms with E-state index >= 15 is 0 Å². The zero-order chi connectivity index (χ0) is 13.2. The van der Waals surface area contributed by atoms with Crippen molar-refractivity contribution in [3.8, 4) is 17.3 Å². The van der Waals surface area contributed by atoms with Crippen molar-refractivity contribution in [1.29, 1.82) is 0 Å². The highest BCUT2D eigenvalue weighted by Crippen LogP contribution is 2.30. The van der Waals surface area contributed by atoms with Crippen molar-refractivity contribution in [1.82, 2.24) is 25.6 Å². The molecule has 0 aliphatic heterocycles. The van der Waals surface area contributed by atoms with Gasteiger partial charge in [0.1, 0.15) is 5.75 Å². The van der Waals surface area contributed by atoms with E-state index in [1.165, 1.54) is 0 Å². The van der Waals surface area contributed by atoms with E-state index in [-0.39, 0.29) is 0 Å². The maximum Gasteiger partial charge on any atom is 0.196 e. The van der Waals surface area contributed by atoms with Gasteiger partial charge in [0.05, 0.1) is 12.8 Å². The molecule has 98 valence electrons. The number of ether oxygens (including phenoxy) is 1. The molecule has 2 heterocycles. The van der Waals surface area contributed by atoms with Gasteiger partial charge in [0, 0.05) is 17.0 Å². The van der Waals surface area contributed by atoms with Gasteiger partial charge in [0.15, 0.2) is 5.82 Å². The molecule has 3 aromatic rings. The lowest BCUT2D eigenvalue weighted by molar-refractivity contribution is 0.415. The van der Waals surface area contributed by atoms with Crippen molar-refractivity contribution >= 4 is 10.9 Å². The highest BCUT2D eigenvalue weighted by Gasteiger charge is 2.15. The fraction of sp³-hybridized carbons (Fsp3) is 0.250. The number of nitrogens with one attached hydrogen (secondary N) is 2. The smallest absolute Gasteiger partial charge is 0.196 e. The quantitative estimate of drug-likeness (QED) is 0.643. The van der Waals surface area contributed by atoms with Gasteiger partial charge in [-0.3, -0.25) is 0 Å². The van der Waals surface area contributed by atoms with Crippen molar-refractivity contribution in [2.24, 2.45) is 5.73 Å². The number of aromatic nitrogens is 5. The minimum absolute atomic E-state index is 0.563. The number of H-pyrrole nitrogens is 2. The van der Waals surface area contributed by atoms with Crippen molar-refractivity contribution in [3.05, 3.63) is 23.8 Å². The molecule has 0 saturated heterocycles. The van der Waals surface area contributed by atoms with Crippen LogP contribution in [0.5, 0.6) is 5.75 Å². The normalized spacial score (nSPS) is 11.1. The van der Waals surface area contributed by atoms with Gasteiger partial charge in [-0.15, -0.1) is 5.10 Å². The van der Waals surface area contributed by atoms with E-state index in [0.29, 0.717) is 12.4 Å². The van der Waals surface area contributed by atoms with Crippen LogP contribution in [0.15, 0.2) is 18.2 Å². The van der Waals surface area contributed by atoms with Crippen LogP contribution < -0.4 is 10.5 Å². The van der Waals surface area contributed by atoms with Crippen LogP contribution in [0.1, 0.15) is 5.56 Å². The second-order valence-corrected chi connectivity index (χ2v) is 4.18. The standard InChI is InChI=1S/C12H14N6O/c1-19-7-2-3-8-9(4-5-13)11(14-10(8)6-7)12-15-17-18-16-12/h2-3,6,14H,4-5,13H2,1H3,(H,15,16,17,18). The maximum atomic E-state index is 5.69. The van der Waals surface area contributed by atoms with Crippen molar-refractivity contribution in [2.45, 2.75) is 6.42 Å². The molecule has 7 heteroatoms. The van der Waals surface area contributed by atoms with Gasteiger partial charge in [-0.25, -0.2) is 5.10 Å². The van der Waals surface area contributed by atoms with Crippen LogP contribution in [0, 0.1) is 0 Å². The molecule has 0 saturated carbocycles. The summed E-state index contributed by atoms with van der Waals surface area (Å²) in [5.41, 5.74) is 8.65. The van der Waals surface area contributed by atoms with Crippen molar-refractivity contribution in [2.75, 3.05) is 13.7 Å². The lowest BCUT2D eigenvalue weighted by Crippen LogP contribution is -2.03. The summed E-state index contributed by atoms with van der Waals surface area (Å²) in [6.07, 6.45) is 0.752. The zero-order valence-electron chi connectivity index (χ0n) is 10.5. The fourth-order valence-electron chi connectivity index (χ4n) is 2.23. The van der Waals surface area contributed by atoms with Gasteiger partial charge in [-0.2, -0.15) is 0 Å². The van der Waals surface area contributed by atoms with Gasteiger partial charge in [0.25, 0.3) is 0 Å². The topological polar surface area (TPSA) is 106 Å². The van der Waals surface area contributed by atoms with Crippen LogP contribution in [0.2, 0.25) is 0 Å². The van der Waals surface area contributed by atoms with E-state index < -0.39 is 0 Å². The molecule has 2 aromatic heterocycles. The first-order valence-corrected chi connectivity index (χ1v) is 5.96. The first kappa shape index (κ1) is 11.7. The Morgan fingerprint density at radius 2 is 2.26 bits per heavy atom. The Morgan fingerprint density at radius 3 is 2.95 bits per heavy atom. The molecule has 0 aliphatic carbocycles. The van der Waals surface area contributed by atoms with Crippen LogP contribution in [-0.4, -0.2) is 39.3 Å². The first-order chi connectivity index (χ1) is 9.33. The molecule has 0 radical (unpaired) electrons. The molecule has 0 amide bonds. The lowest BCUT2D eigenvalue weighted by atomic mass is 10.1. The molecular formula is C12H14N6O. The lowest BCUT2D eigenvalue weighted by Gasteiger charge is -2.01. The predicted molar refractivity (Wildman–Crippen MR) is 70.8 cm³/mol. The number of nitrogens with zero attached hydrogens (tertiary/aromatic N) is 3. The molecule has 0 atom stereocenters. The van der Waals surface area contributed by atoms with Gasteiger partial charge in [-0.1, -0.05) is 0 Å². The van der Waals surface area contributed by atoms with Gasteiger partial charge >= 0.3 is 0 Å². The third-order valence-electron chi connectivity index (χ3n) is 3.09. The first-order valence-electron chi connectivity index (χ1n) is 5.96.